The lowest BCUT2D eigenvalue weighted by molar-refractivity contribution is -0.0121. The molecule has 4 rings (SSSR count). The van der Waals surface area contributed by atoms with E-state index in [9.17, 15) is 0 Å². The zero-order valence-corrected chi connectivity index (χ0v) is 17.9. The van der Waals surface area contributed by atoms with Crippen molar-refractivity contribution in [2.75, 3.05) is 26.9 Å². The molecular weight excluding hydrogens is 390 g/mol. The summed E-state index contributed by atoms with van der Waals surface area (Å²) in [5.74, 6) is 1.28. The highest BCUT2D eigenvalue weighted by Gasteiger charge is 2.21. The van der Waals surface area contributed by atoms with Crippen LogP contribution in [0.3, 0.4) is 0 Å². The third-order valence-corrected chi connectivity index (χ3v) is 5.43. The molecule has 6 nitrogen and oxygen atoms in total. The van der Waals surface area contributed by atoms with E-state index in [1.807, 2.05) is 18.2 Å². The molecule has 1 fully saturated rings. The first-order valence-electron chi connectivity index (χ1n) is 10.8. The second-order valence-corrected chi connectivity index (χ2v) is 7.62. The number of aromatic nitrogens is 2. The van der Waals surface area contributed by atoms with E-state index >= 15 is 0 Å². The molecule has 0 saturated carbocycles. The Hall–Kier alpha value is -2.96. The van der Waals surface area contributed by atoms with Crippen LogP contribution in [0.25, 0.3) is 17.1 Å². The topological polar surface area (TPSA) is 65.5 Å². The Morgan fingerprint density at radius 3 is 2.84 bits per heavy atom. The van der Waals surface area contributed by atoms with Gasteiger partial charge in [0, 0.05) is 37.3 Å². The second kappa shape index (κ2) is 10.9. The number of benzene rings is 1. The van der Waals surface area contributed by atoms with E-state index in [1.165, 1.54) is 5.56 Å². The number of nitrogens with one attached hydrogen (secondary N) is 1. The number of hydrogen-bond donors (Lipinski definition) is 1. The van der Waals surface area contributed by atoms with Gasteiger partial charge in [0.25, 0.3) is 0 Å². The molecule has 0 aliphatic carbocycles. The molecule has 1 saturated heterocycles. The minimum atomic E-state index is 0.230. The van der Waals surface area contributed by atoms with Crippen molar-refractivity contribution >= 4 is 17.1 Å². The zero-order valence-electron chi connectivity index (χ0n) is 17.9. The minimum Gasteiger partial charge on any atom is -0.491 e. The predicted octanol–water partition coefficient (Wildman–Crippen LogP) is 4.26. The normalized spacial score (nSPS) is 19.0. The molecule has 1 aliphatic rings. The molecule has 3 heterocycles. The van der Waals surface area contributed by atoms with Crippen LogP contribution >= 0.6 is 0 Å². The summed E-state index contributed by atoms with van der Waals surface area (Å²) in [6.07, 6.45) is 9.28. The highest BCUT2D eigenvalue weighted by Crippen LogP contribution is 2.25. The third-order valence-electron chi connectivity index (χ3n) is 5.43. The van der Waals surface area contributed by atoms with Crippen molar-refractivity contribution in [2.45, 2.75) is 31.4 Å². The van der Waals surface area contributed by atoms with Gasteiger partial charge in [0.15, 0.2) is 0 Å². The Bertz CT molecular complexity index is 986. The van der Waals surface area contributed by atoms with Gasteiger partial charge in [-0.25, -0.2) is 4.98 Å². The van der Waals surface area contributed by atoms with Gasteiger partial charge in [0.1, 0.15) is 11.3 Å². The number of fused-ring (bicyclic) bond motifs is 1. The van der Waals surface area contributed by atoms with Crippen LogP contribution < -0.4 is 14.8 Å². The van der Waals surface area contributed by atoms with E-state index < -0.39 is 0 Å². The van der Waals surface area contributed by atoms with Crippen LogP contribution in [0.4, 0.5) is 0 Å². The Kier molecular flexibility index (Phi) is 7.47. The standard InChI is InChI=1S/C25H29N3O3/c1-29-24-12-11-22-25(28-24)23(13-16-27-22)30-17-14-21-10-9-20(18-31-21)26-15-5-8-19-6-3-2-4-7-19/h2-8,11-13,16,20-21,26H,9-10,14-15,17-18H2,1H3/b8-5+/t20-,21+/m1/s1. The predicted molar refractivity (Wildman–Crippen MR) is 122 cm³/mol. The smallest absolute Gasteiger partial charge is 0.213 e. The lowest BCUT2D eigenvalue weighted by Crippen LogP contribution is -2.40. The highest BCUT2D eigenvalue weighted by atomic mass is 16.5. The van der Waals surface area contributed by atoms with E-state index in [4.69, 9.17) is 14.2 Å². The van der Waals surface area contributed by atoms with Crippen molar-refractivity contribution in [3.63, 3.8) is 0 Å². The fourth-order valence-corrected chi connectivity index (χ4v) is 3.70. The van der Waals surface area contributed by atoms with Crippen molar-refractivity contribution in [2.24, 2.45) is 0 Å². The van der Waals surface area contributed by atoms with Gasteiger partial charge < -0.3 is 19.5 Å². The first kappa shape index (κ1) is 21.3. The van der Waals surface area contributed by atoms with E-state index in [2.05, 4.69) is 51.7 Å². The van der Waals surface area contributed by atoms with Crippen molar-refractivity contribution in [1.29, 1.82) is 0 Å². The summed E-state index contributed by atoms with van der Waals surface area (Å²) in [6, 6.07) is 16.3. The van der Waals surface area contributed by atoms with Crippen LogP contribution in [0.5, 0.6) is 11.6 Å². The molecule has 31 heavy (non-hydrogen) atoms. The van der Waals surface area contributed by atoms with Gasteiger partial charge in [-0.15, -0.1) is 0 Å². The van der Waals surface area contributed by atoms with Crippen LogP contribution in [0.1, 0.15) is 24.8 Å². The van der Waals surface area contributed by atoms with Gasteiger partial charge in [-0.05, 0) is 24.5 Å². The average molecular weight is 420 g/mol. The first-order chi connectivity index (χ1) is 15.3. The molecule has 3 aromatic rings. The Balaban J connectivity index is 1.18. The Labute approximate surface area is 183 Å². The van der Waals surface area contributed by atoms with Crippen LogP contribution in [-0.4, -0.2) is 49.0 Å². The van der Waals surface area contributed by atoms with Crippen LogP contribution in [-0.2, 0) is 4.74 Å². The summed E-state index contributed by atoms with van der Waals surface area (Å²) in [7, 11) is 1.60. The molecule has 1 N–H and O–H groups in total. The van der Waals surface area contributed by atoms with E-state index in [-0.39, 0.29) is 6.10 Å². The molecule has 162 valence electrons. The maximum atomic E-state index is 6.05. The average Bonchev–Trinajstić information content (AvgIpc) is 2.83. The van der Waals surface area contributed by atoms with Crippen molar-refractivity contribution in [3.05, 3.63) is 66.4 Å². The number of rotatable bonds is 9. The maximum Gasteiger partial charge on any atom is 0.213 e. The zero-order chi connectivity index (χ0) is 21.3. The molecule has 0 amide bonds. The molecule has 0 radical (unpaired) electrons. The quantitative estimate of drug-likeness (QED) is 0.559. The van der Waals surface area contributed by atoms with Crippen LogP contribution in [0.15, 0.2) is 60.8 Å². The van der Waals surface area contributed by atoms with Crippen molar-refractivity contribution in [3.8, 4) is 11.6 Å². The molecule has 2 atom stereocenters. The summed E-state index contributed by atoms with van der Waals surface area (Å²) < 4.78 is 17.3. The SMILES string of the molecule is COc1ccc2nccc(OCC[C@@H]3CC[C@@H](NC/C=C/c4ccccc4)CO3)c2n1. The van der Waals surface area contributed by atoms with E-state index in [0.29, 0.717) is 18.5 Å². The number of hydrogen-bond acceptors (Lipinski definition) is 6. The summed E-state index contributed by atoms with van der Waals surface area (Å²) in [5.41, 5.74) is 2.74. The van der Waals surface area contributed by atoms with Gasteiger partial charge in [0.2, 0.25) is 5.88 Å². The molecule has 6 heteroatoms. The first-order valence-corrected chi connectivity index (χ1v) is 10.8. The summed E-state index contributed by atoms with van der Waals surface area (Å²) in [4.78, 5) is 8.81. The number of ether oxygens (including phenoxy) is 3. The van der Waals surface area contributed by atoms with Gasteiger partial charge in [0.05, 0.1) is 31.9 Å². The van der Waals surface area contributed by atoms with Crippen molar-refractivity contribution < 1.29 is 14.2 Å². The second-order valence-electron chi connectivity index (χ2n) is 7.62. The summed E-state index contributed by atoms with van der Waals surface area (Å²) in [5, 5.41) is 3.56. The van der Waals surface area contributed by atoms with Gasteiger partial charge >= 0.3 is 0 Å². The Morgan fingerprint density at radius 1 is 1.13 bits per heavy atom. The molecule has 1 aliphatic heterocycles. The summed E-state index contributed by atoms with van der Waals surface area (Å²) in [6.45, 7) is 2.17. The fourth-order valence-electron chi connectivity index (χ4n) is 3.70. The Morgan fingerprint density at radius 2 is 2.03 bits per heavy atom. The van der Waals surface area contributed by atoms with Crippen molar-refractivity contribution in [1.82, 2.24) is 15.3 Å². The fraction of sp³-hybridized carbons (Fsp3) is 0.360. The molecule has 0 bridgehead atoms. The minimum absolute atomic E-state index is 0.230. The lowest BCUT2D eigenvalue weighted by atomic mass is 10.0. The molecule has 1 aromatic carbocycles. The molecule has 0 unspecified atom stereocenters. The van der Waals surface area contributed by atoms with Crippen LogP contribution in [0, 0.1) is 0 Å². The monoisotopic (exact) mass is 419 g/mol. The maximum absolute atomic E-state index is 6.05. The number of pyridine rings is 2. The highest BCUT2D eigenvalue weighted by molar-refractivity contribution is 5.80. The van der Waals surface area contributed by atoms with Gasteiger partial charge in [-0.2, -0.15) is 0 Å². The number of nitrogens with zero attached hydrogens (tertiary/aromatic N) is 2. The largest absolute Gasteiger partial charge is 0.491 e. The van der Waals surface area contributed by atoms with E-state index in [1.54, 1.807) is 19.4 Å². The van der Waals surface area contributed by atoms with Gasteiger partial charge in [-0.1, -0.05) is 42.5 Å². The summed E-state index contributed by atoms with van der Waals surface area (Å²) >= 11 is 0. The molecule has 2 aromatic heterocycles. The molecular formula is C25H29N3O3. The third kappa shape index (κ3) is 6.03. The number of methoxy groups -OCH3 is 1. The van der Waals surface area contributed by atoms with E-state index in [0.717, 1.165) is 49.2 Å². The van der Waals surface area contributed by atoms with Gasteiger partial charge in [-0.3, -0.25) is 4.98 Å². The molecule has 0 spiro atoms. The van der Waals surface area contributed by atoms with Crippen LogP contribution in [0.2, 0.25) is 0 Å². The lowest BCUT2D eigenvalue weighted by Gasteiger charge is -2.29.